The van der Waals surface area contributed by atoms with Crippen molar-refractivity contribution in [2.75, 3.05) is 18.9 Å². The van der Waals surface area contributed by atoms with Gasteiger partial charge in [-0.1, -0.05) is 17.5 Å². The number of amidine groups is 1. The van der Waals surface area contributed by atoms with Gasteiger partial charge in [0.2, 0.25) is 5.96 Å². The van der Waals surface area contributed by atoms with Crippen LogP contribution in [0.5, 0.6) is 0 Å². The van der Waals surface area contributed by atoms with Crippen LogP contribution < -0.4 is 11.1 Å². The number of amides is 1. The highest BCUT2D eigenvalue weighted by Gasteiger charge is 2.56. The van der Waals surface area contributed by atoms with E-state index in [-0.39, 0.29) is 22.8 Å². The third-order valence-electron chi connectivity index (χ3n) is 7.22. The average molecular weight is 712 g/mol. The molecule has 11 atom stereocenters. The number of nitrogens with two attached hydrogens (primary N) is 1. The number of halogens is 2. The second-order valence-electron chi connectivity index (χ2n) is 10.0. The summed E-state index contributed by atoms with van der Waals surface area (Å²) in [7, 11) is 0. The Morgan fingerprint density at radius 3 is 2.69 bits per heavy atom. The number of ether oxygens (including phenoxy) is 2. The molecule has 2 aromatic heterocycles. The number of hydrogen-bond acceptors (Lipinski definition) is 17. The molecule has 26 heteroatoms. The molecular weight excluding hydrogens is 690 g/mol. The number of carbonyl (C=O) groups excluding carboxylic acids is 1. The Morgan fingerprint density at radius 1 is 1.13 bits per heavy atom. The maximum atomic E-state index is 15.9. The van der Waals surface area contributed by atoms with Crippen LogP contribution in [0.25, 0.3) is 11.2 Å². The number of aliphatic imine (C=N–C) groups is 2. The summed E-state index contributed by atoms with van der Waals surface area (Å²) in [4.78, 5) is 40.1. The summed E-state index contributed by atoms with van der Waals surface area (Å²) in [6.07, 6.45) is -11.4. The second-order valence-corrected chi connectivity index (χ2v) is 15.7. The molecule has 7 rings (SSSR count). The molecular formula is C19H21F2N11O9P2S2. The van der Waals surface area contributed by atoms with E-state index in [4.69, 9.17) is 50.5 Å². The average Bonchev–Trinajstić information content (AvgIpc) is 3.72. The zero-order valence-electron chi connectivity index (χ0n) is 22.1. The topological polar surface area (TPSA) is 256 Å². The first-order valence-electron chi connectivity index (χ1n) is 12.8. The van der Waals surface area contributed by atoms with Gasteiger partial charge in [-0.2, -0.15) is 9.67 Å². The molecule has 0 saturated carbocycles. The largest absolute Gasteiger partial charge is 0.386 e. The summed E-state index contributed by atoms with van der Waals surface area (Å²) in [6, 6.07) is -1.17. The Morgan fingerprint density at radius 2 is 1.89 bits per heavy atom. The zero-order valence-corrected chi connectivity index (χ0v) is 25.6. The molecule has 5 N–H and O–H groups in total. The van der Waals surface area contributed by atoms with E-state index in [2.05, 4.69) is 47.8 Å². The Balaban J connectivity index is 1.17. The van der Waals surface area contributed by atoms with E-state index in [1.54, 1.807) is 0 Å². The third-order valence-corrected chi connectivity index (χ3v) is 10.4. The van der Waals surface area contributed by atoms with E-state index in [1.165, 1.54) is 0 Å². The maximum absolute atomic E-state index is 15.9. The van der Waals surface area contributed by atoms with Gasteiger partial charge in [-0.25, -0.2) is 23.3 Å². The summed E-state index contributed by atoms with van der Waals surface area (Å²) >= 11 is 9.07. The molecule has 3 saturated heterocycles. The lowest BCUT2D eigenvalue weighted by Gasteiger charge is -2.31. The summed E-state index contributed by atoms with van der Waals surface area (Å²) in [5, 5.41) is 17.7. The molecule has 45 heavy (non-hydrogen) atoms. The van der Waals surface area contributed by atoms with Gasteiger partial charge >= 0.3 is 13.5 Å². The fourth-order valence-electron chi connectivity index (χ4n) is 5.21. The molecule has 5 aliphatic heterocycles. The molecule has 0 aliphatic carbocycles. The Bertz CT molecular complexity index is 1740. The molecule has 0 spiro atoms. The van der Waals surface area contributed by atoms with Crippen molar-refractivity contribution in [1.82, 2.24) is 35.2 Å². The minimum Gasteiger partial charge on any atom is -0.382 e. The molecule has 2 aromatic rings. The van der Waals surface area contributed by atoms with Crippen molar-refractivity contribution in [2.24, 2.45) is 9.98 Å². The second kappa shape index (κ2) is 11.3. The standard InChI is InChI=1S/C19H21F2N11O9P2S2/c20-7-5-1-36-42(34,44)40-11-6(39-17(8(11)21)32-14-9(29-30-32)13(22)24-3-25-14)2-37-43(35,45)41-12(7)18(38-5)31-4-26-10-15(31)27-19(23)28-16(10)33/h3-8,10-12,17-18H,1-2H2,(H,34,44)(H,35,45)(H2,22,24,25)(H2,23,28,33)/t5-,6-,7-,8+,10?,11-,12-,17-,18-,42?,43?/m1/s1. The molecule has 3 fully saturated rings. The van der Waals surface area contributed by atoms with Crippen molar-refractivity contribution in [3.8, 4) is 0 Å². The van der Waals surface area contributed by atoms with E-state index in [0.717, 1.165) is 22.2 Å². The number of nitrogen functional groups attached to an aromatic ring is 1. The molecule has 1 amide bonds. The van der Waals surface area contributed by atoms with Crippen LogP contribution in [0.15, 0.2) is 16.3 Å². The van der Waals surface area contributed by atoms with Gasteiger partial charge in [0.15, 0.2) is 53.7 Å². The Hall–Kier alpha value is -2.63. The van der Waals surface area contributed by atoms with Gasteiger partial charge in [-0.15, -0.1) is 5.10 Å². The number of fused-ring (bicyclic) bond motifs is 5. The van der Waals surface area contributed by atoms with Crippen LogP contribution in [0.1, 0.15) is 6.23 Å². The highest BCUT2D eigenvalue weighted by molar-refractivity contribution is 8.44. The molecule has 20 nitrogen and oxygen atoms in total. The summed E-state index contributed by atoms with van der Waals surface area (Å²) < 4.78 is 79.5. The van der Waals surface area contributed by atoms with Crippen LogP contribution in [0.3, 0.4) is 0 Å². The first-order valence-corrected chi connectivity index (χ1v) is 18.1. The normalized spacial score (nSPS) is 42.0. The number of alkyl halides is 2. The molecule has 242 valence electrons. The smallest absolute Gasteiger partial charge is 0.382 e. The number of carbonyl (C=O) groups is 1. The lowest BCUT2D eigenvalue weighted by Crippen LogP contribution is -2.53. The summed E-state index contributed by atoms with van der Waals surface area (Å²) in [5.74, 6) is -1.27. The van der Waals surface area contributed by atoms with Crippen molar-refractivity contribution >= 4 is 78.6 Å². The summed E-state index contributed by atoms with van der Waals surface area (Å²) in [5.41, 5.74) is 5.88. The number of anilines is 1. The van der Waals surface area contributed by atoms with Crippen molar-refractivity contribution < 1.29 is 50.6 Å². The van der Waals surface area contributed by atoms with Crippen molar-refractivity contribution in [1.29, 1.82) is 5.41 Å². The van der Waals surface area contributed by atoms with E-state index < -0.39 is 93.9 Å². The van der Waals surface area contributed by atoms with Crippen molar-refractivity contribution in [3.05, 3.63) is 6.33 Å². The molecule has 0 aromatic carbocycles. The van der Waals surface area contributed by atoms with Gasteiger partial charge in [0.25, 0.3) is 5.91 Å². The van der Waals surface area contributed by atoms with Crippen LogP contribution in [0.2, 0.25) is 0 Å². The molecule has 0 radical (unpaired) electrons. The van der Waals surface area contributed by atoms with E-state index in [1.807, 2.05) is 0 Å². The quantitative estimate of drug-likeness (QED) is 0.192. The predicted molar refractivity (Wildman–Crippen MR) is 152 cm³/mol. The third kappa shape index (κ3) is 5.56. The van der Waals surface area contributed by atoms with Crippen LogP contribution >= 0.6 is 25.8 Å². The Kier molecular flexibility index (Phi) is 7.76. The highest BCUT2D eigenvalue weighted by atomic mass is 32.7. The highest BCUT2D eigenvalue weighted by Crippen LogP contribution is 2.58. The van der Waals surface area contributed by atoms with Gasteiger partial charge in [0.1, 0.15) is 30.7 Å². The van der Waals surface area contributed by atoms with Gasteiger partial charge in [-0.3, -0.25) is 39.0 Å². The van der Waals surface area contributed by atoms with E-state index in [0.29, 0.717) is 0 Å². The number of nitrogens with one attached hydrogen (secondary N) is 2. The number of hydrogen-bond donors (Lipinski definition) is 5. The van der Waals surface area contributed by atoms with Gasteiger partial charge in [0.05, 0.1) is 19.6 Å². The molecule has 5 aliphatic rings. The minimum absolute atomic E-state index is 0.0180. The van der Waals surface area contributed by atoms with Crippen molar-refractivity contribution in [2.45, 2.75) is 55.3 Å². The lowest BCUT2D eigenvalue weighted by molar-refractivity contribution is -0.119. The van der Waals surface area contributed by atoms with Gasteiger partial charge < -0.3 is 24.6 Å². The zero-order chi connectivity index (χ0) is 31.8. The number of guanidine groups is 1. The predicted octanol–water partition coefficient (Wildman–Crippen LogP) is -0.651. The number of thiol groups is 1. The van der Waals surface area contributed by atoms with Gasteiger partial charge in [0, 0.05) is 0 Å². The fraction of sp³-hybridized carbons (Fsp3) is 0.579. The van der Waals surface area contributed by atoms with Crippen LogP contribution in [-0.4, -0.2) is 121 Å². The van der Waals surface area contributed by atoms with Crippen molar-refractivity contribution in [3.63, 3.8) is 0 Å². The van der Waals surface area contributed by atoms with Crippen LogP contribution in [-0.2, 0) is 48.7 Å². The molecule has 3 unspecified atom stereocenters. The molecule has 7 heterocycles. The van der Waals surface area contributed by atoms with Crippen LogP contribution in [0, 0.1) is 5.41 Å². The fourth-order valence-corrected chi connectivity index (χ4v) is 8.09. The SMILES string of the molecule is N=C1N=C2C(N=CN2[C@@H]2O[C@@H]3COP(O)(=S)O[C@H]4[C@H](F)[C@H](n5nnc6c(N)ncnc65)O[C@@H]4COP(=O)(S)O[C@@H]2[C@@H]3F)C(=O)N1. The number of aromatic nitrogens is 5. The monoisotopic (exact) mass is 711 g/mol. The molecule has 2 bridgehead atoms. The van der Waals surface area contributed by atoms with E-state index in [9.17, 15) is 14.3 Å². The van der Waals surface area contributed by atoms with Crippen LogP contribution in [0.4, 0.5) is 14.6 Å². The number of rotatable bonds is 2. The van der Waals surface area contributed by atoms with Gasteiger partial charge in [-0.05, 0) is 11.8 Å². The van der Waals surface area contributed by atoms with E-state index >= 15 is 8.78 Å². The Labute approximate surface area is 260 Å². The maximum Gasteiger partial charge on any atom is 0.386 e. The first kappa shape index (κ1) is 31.0. The first-order chi connectivity index (χ1) is 21.3. The number of nitrogens with zero attached hydrogens (tertiary/aromatic N) is 8. The lowest BCUT2D eigenvalue weighted by atomic mass is 10.1. The summed E-state index contributed by atoms with van der Waals surface area (Å²) in [6.45, 7) is -10.3. The minimum atomic E-state index is -4.51.